The van der Waals surface area contributed by atoms with E-state index in [-0.39, 0.29) is 5.91 Å². The van der Waals surface area contributed by atoms with Crippen LogP contribution in [-0.4, -0.2) is 38.3 Å². The topological polar surface area (TPSA) is 50.8 Å². The molecule has 1 saturated heterocycles. The molecule has 0 unspecified atom stereocenters. The molecule has 5 nitrogen and oxygen atoms in total. The smallest absolute Gasteiger partial charge is 0.261 e. The first kappa shape index (κ1) is 20.2. The highest BCUT2D eigenvalue weighted by atomic mass is 16.5. The minimum absolute atomic E-state index is 0.0947. The summed E-state index contributed by atoms with van der Waals surface area (Å²) in [6.45, 7) is 5.82. The number of benzene rings is 3. The number of amides is 1. The van der Waals surface area contributed by atoms with Crippen molar-refractivity contribution in [3.63, 3.8) is 0 Å². The van der Waals surface area contributed by atoms with Gasteiger partial charge >= 0.3 is 0 Å². The second kappa shape index (κ2) is 9.63. The molecule has 1 heterocycles. The summed E-state index contributed by atoms with van der Waals surface area (Å²) in [5.41, 5.74) is 2.26. The third-order valence-corrected chi connectivity index (χ3v) is 5.46. The summed E-state index contributed by atoms with van der Waals surface area (Å²) in [5.74, 6) is 0.646. The molecule has 0 aliphatic carbocycles. The Morgan fingerprint density at radius 1 is 1.03 bits per heavy atom. The van der Waals surface area contributed by atoms with Gasteiger partial charge in [-0.25, -0.2) is 0 Å². The lowest BCUT2D eigenvalue weighted by atomic mass is 10.1. The largest absolute Gasteiger partial charge is 0.480 e. The highest BCUT2D eigenvalue weighted by molar-refractivity contribution is 5.89. The van der Waals surface area contributed by atoms with Crippen molar-refractivity contribution in [2.45, 2.75) is 26.0 Å². The Labute approximate surface area is 177 Å². The average Bonchev–Trinajstić information content (AvgIpc) is 2.82. The van der Waals surface area contributed by atoms with Crippen LogP contribution in [0.5, 0.6) is 5.75 Å². The molecule has 3 aromatic carbocycles. The lowest BCUT2D eigenvalue weighted by Gasteiger charge is -2.29. The second-order valence-corrected chi connectivity index (χ2v) is 7.48. The maximum Gasteiger partial charge on any atom is 0.261 e. The van der Waals surface area contributed by atoms with Crippen molar-refractivity contribution in [3.8, 4) is 5.75 Å². The van der Waals surface area contributed by atoms with E-state index in [0.717, 1.165) is 48.4 Å². The molecule has 1 aliphatic rings. The summed E-state index contributed by atoms with van der Waals surface area (Å²) < 4.78 is 11.5. The van der Waals surface area contributed by atoms with Crippen LogP contribution < -0.4 is 15.0 Å². The van der Waals surface area contributed by atoms with Crippen molar-refractivity contribution < 1.29 is 14.3 Å². The van der Waals surface area contributed by atoms with Crippen LogP contribution in [0.25, 0.3) is 10.8 Å². The third-order valence-electron chi connectivity index (χ3n) is 5.46. The summed E-state index contributed by atoms with van der Waals surface area (Å²) >= 11 is 0. The van der Waals surface area contributed by atoms with Gasteiger partial charge in [0.1, 0.15) is 5.75 Å². The van der Waals surface area contributed by atoms with Gasteiger partial charge in [0.2, 0.25) is 0 Å². The molecule has 0 bridgehead atoms. The standard InChI is InChI=1S/C25H28N2O3/c1-2-23(30-24-9-5-7-20-6-3-4-8-22(20)24)25(28)26-18-19-10-12-21(13-11-19)27-14-16-29-17-15-27/h3-13,23H,2,14-18H2,1H3,(H,26,28)/t23-/m0/s1. The third kappa shape index (κ3) is 4.74. The van der Waals surface area contributed by atoms with Crippen molar-refractivity contribution >= 4 is 22.4 Å². The van der Waals surface area contributed by atoms with Crippen molar-refractivity contribution in [2.75, 3.05) is 31.2 Å². The Bertz CT molecular complexity index is 976. The van der Waals surface area contributed by atoms with Crippen LogP contribution in [0.4, 0.5) is 5.69 Å². The molecule has 1 aliphatic heterocycles. The molecule has 30 heavy (non-hydrogen) atoms. The number of rotatable bonds is 7. The quantitative estimate of drug-likeness (QED) is 0.643. The van der Waals surface area contributed by atoms with E-state index in [9.17, 15) is 4.79 Å². The number of carbonyl (C=O) groups is 1. The molecule has 3 aromatic rings. The summed E-state index contributed by atoms with van der Waals surface area (Å²) in [6, 6.07) is 22.3. The van der Waals surface area contributed by atoms with Crippen LogP contribution in [-0.2, 0) is 16.1 Å². The number of ether oxygens (including phenoxy) is 2. The number of nitrogens with zero attached hydrogens (tertiary/aromatic N) is 1. The van der Waals surface area contributed by atoms with E-state index < -0.39 is 6.10 Å². The van der Waals surface area contributed by atoms with Gasteiger partial charge in [-0.05, 0) is 35.6 Å². The predicted molar refractivity (Wildman–Crippen MR) is 120 cm³/mol. The fourth-order valence-electron chi connectivity index (χ4n) is 3.72. The van der Waals surface area contributed by atoms with E-state index in [0.29, 0.717) is 13.0 Å². The van der Waals surface area contributed by atoms with Crippen molar-refractivity contribution in [3.05, 3.63) is 72.3 Å². The fourth-order valence-corrected chi connectivity index (χ4v) is 3.72. The second-order valence-electron chi connectivity index (χ2n) is 7.48. The van der Waals surface area contributed by atoms with E-state index in [1.807, 2.05) is 49.4 Å². The average molecular weight is 405 g/mol. The molecule has 156 valence electrons. The van der Waals surface area contributed by atoms with Crippen LogP contribution in [0.1, 0.15) is 18.9 Å². The van der Waals surface area contributed by atoms with Crippen LogP contribution in [0, 0.1) is 0 Å². The summed E-state index contributed by atoms with van der Waals surface area (Å²) in [6.07, 6.45) is 0.0776. The minimum atomic E-state index is -0.525. The molecule has 0 aromatic heterocycles. The number of nitrogens with one attached hydrogen (secondary N) is 1. The van der Waals surface area contributed by atoms with Gasteiger partial charge in [-0.15, -0.1) is 0 Å². The summed E-state index contributed by atoms with van der Waals surface area (Å²) in [5, 5.41) is 5.14. The van der Waals surface area contributed by atoms with Gasteiger partial charge in [-0.2, -0.15) is 0 Å². The molecule has 0 radical (unpaired) electrons. The number of anilines is 1. The zero-order valence-electron chi connectivity index (χ0n) is 17.3. The van der Waals surface area contributed by atoms with E-state index >= 15 is 0 Å². The first-order chi connectivity index (χ1) is 14.7. The van der Waals surface area contributed by atoms with E-state index in [4.69, 9.17) is 9.47 Å². The van der Waals surface area contributed by atoms with E-state index in [2.05, 4.69) is 34.5 Å². The van der Waals surface area contributed by atoms with Crippen molar-refractivity contribution in [1.82, 2.24) is 5.32 Å². The highest BCUT2D eigenvalue weighted by Crippen LogP contribution is 2.26. The Kier molecular flexibility index (Phi) is 6.50. The van der Waals surface area contributed by atoms with Gasteiger partial charge < -0.3 is 19.7 Å². The molecule has 1 N–H and O–H groups in total. The van der Waals surface area contributed by atoms with Crippen molar-refractivity contribution in [2.24, 2.45) is 0 Å². The molecule has 1 amide bonds. The van der Waals surface area contributed by atoms with E-state index in [1.54, 1.807) is 0 Å². The first-order valence-corrected chi connectivity index (χ1v) is 10.6. The lowest BCUT2D eigenvalue weighted by molar-refractivity contribution is -0.128. The maximum absolute atomic E-state index is 12.7. The normalized spacial score (nSPS) is 15.0. The monoisotopic (exact) mass is 404 g/mol. The lowest BCUT2D eigenvalue weighted by Crippen LogP contribution is -2.37. The highest BCUT2D eigenvalue weighted by Gasteiger charge is 2.19. The Morgan fingerprint density at radius 2 is 1.77 bits per heavy atom. The number of fused-ring (bicyclic) bond motifs is 1. The van der Waals surface area contributed by atoms with Gasteiger partial charge in [0.05, 0.1) is 13.2 Å². The van der Waals surface area contributed by atoms with Gasteiger partial charge in [0.25, 0.3) is 5.91 Å². The van der Waals surface area contributed by atoms with Crippen LogP contribution >= 0.6 is 0 Å². The zero-order chi connectivity index (χ0) is 20.8. The Morgan fingerprint density at radius 3 is 2.53 bits per heavy atom. The van der Waals surface area contributed by atoms with Crippen LogP contribution in [0.2, 0.25) is 0 Å². The molecule has 1 atom stereocenters. The first-order valence-electron chi connectivity index (χ1n) is 10.6. The van der Waals surface area contributed by atoms with Gasteiger partial charge in [0.15, 0.2) is 6.10 Å². The Balaban J connectivity index is 1.36. The molecule has 0 spiro atoms. The van der Waals surface area contributed by atoms with Crippen LogP contribution in [0.3, 0.4) is 0 Å². The molecular weight excluding hydrogens is 376 g/mol. The minimum Gasteiger partial charge on any atom is -0.480 e. The molecule has 5 heteroatoms. The molecule has 0 saturated carbocycles. The van der Waals surface area contributed by atoms with Gasteiger partial charge in [0, 0.05) is 30.7 Å². The molecular formula is C25H28N2O3. The fraction of sp³-hybridized carbons (Fsp3) is 0.320. The summed E-state index contributed by atoms with van der Waals surface area (Å²) in [4.78, 5) is 15.1. The maximum atomic E-state index is 12.7. The van der Waals surface area contributed by atoms with Crippen molar-refractivity contribution in [1.29, 1.82) is 0 Å². The summed E-state index contributed by atoms with van der Waals surface area (Å²) in [7, 11) is 0. The number of morpholine rings is 1. The van der Waals surface area contributed by atoms with Gasteiger partial charge in [-0.1, -0.05) is 55.5 Å². The molecule has 4 rings (SSSR count). The zero-order valence-corrected chi connectivity index (χ0v) is 17.3. The predicted octanol–water partition coefficient (Wildman–Crippen LogP) is 4.15. The van der Waals surface area contributed by atoms with Gasteiger partial charge in [-0.3, -0.25) is 4.79 Å². The SMILES string of the molecule is CC[C@H](Oc1cccc2ccccc12)C(=O)NCc1ccc(N2CCOCC2)cc1. The van der Waals surface area contributed by atoms with E-state index in [1.165, 1.54) is 5.69 Å². The molecule has 1 fully saturated rings. The van der Waals surface area contributed by atoms with Crippen LogP contribution in [0.15, 0.2) is 66.7 Å². The number of hydrogen-bond acceptors (Lipinski definition) is 4. The number of hydrogen-bond donors (Lipinski definition) is 1. The Hall–Kier alpha value is -3.05. The number of carbonyl (C=O) groups excluding carboxylic acids is 1.